The molecular formula is C14H21NO3S. The van der Waals surface area contributed by atoms with Crippen molar-refractivity contribution in [3.05, 3.63) is 23.0 Å². The van der Waals surface area contributed by atoms with Crippen molar-refractivity contribution >= 4 is 10.8 Å². The largest absolute Gasteiger partial charge is 0.496 e. The summed E-state index contributed by atoms with van der Waals surface area (Å²) in [5.41, 5.74) is 2.86. The number of methoxy groups -OCH3 is 1. The first-order valence-corrected chi connectivity index (χ1v) is 7.90. The predicted molar refractivity (Wildman–Crippen MR) is 75.9 cm³/mol. The summed E-state index contributed by atoms with van der Waals surface area (Å²) in [7, 11) is 0.709. The van der Waals surface area contributed by atoms with Gasteiger partial charge in [0.1, 0.15) is 5.75 Å². The van der Waals surface area contributed by atoms with Gasteiger partial charge in [-0.2, -0.15) is 0 Å². The molecule has 1 aliphatic rings. The molecule has 1 aliphatic heterocycles. The Kier molecular flexibility index (Phi) is 4.58. The molecule has 106 valence electrons. The zero-order valence-electron chi connectivity index (χ0n) is 11.9. The highest BCUT2D eigenvalue weighted by atomic mass is 32.2. The van der Waals surface area contributed by atoms with E-state index in [0.29, 0.717) is 12.4 Å². The lowest BCUT2D eigenvalue weighted by molar-refractivity contribution is 0.127. The highest BCUT2D eigenvalue weighted by molar-refractivity contribution is 7.84. The summed E-state index contributed by atoms with van der Waals surface area (Å²) in [6.45, 7) is 6.64. The molecule has 0 saturated carbocycles. The van der Waals surface area contributed by atoms with Gasteiger partial charge in [0.15, 0.2) is 0 Å². The van der Waals surface area contributed by atoms with Gasteiger partial charge < -0.3 is 9.47 Å². The fraction of sp³-hybridized carbons (Fsp3) is 0.643. The topological polar surface area (TPSA) is 48.4 Å². The highest BCUT2D eigenvalue weighted by Crippen LogP contribution is 2.27. The molecule has 1 saturated heterocycles. The summed E-state index contributed by atoms with van der Waals surface area (Å²) in [4.78, 5) is 4.41. The lowest BCUT2D eigenvalue weighted by atomic mass is 10.1. The molecule has 3 atom stereocenters. The third kappa shape index (κ3) is 2.98. The zero-order chi connectivity index (χ0) is 14.0. The second-order valence-corrected chi connectivity index (χ2v) is 6.63. The van der Waals surface area contributed by atoms with Gasteiger partial charge in [0.25, 0.3) is 0 Å². The Hall–Kier alpha value is -0.940. The van der Waals surface area contributed by atoms with Crippen molar-refractivity contribution < 1.29 is 13.7 Å². The van der Waals surface area contributed by atoms with Crippen LogP contribution in [-0.2, 0) is 21.3 Å². The first-order chi connectivity index (χ1) is 9.04. The van der Waals surface area contributed by atoms with Gasteiger partial charge in [-0.25, -0.2) is 0 Å². The monoisotopic (exact) mass is 283 g/mol. The molecule has 0 radical (unpaired) electrons. The minimum absolute atomic E-state index is 0.0773. The van der Waals surface area contributed by atoms with E-state index in [0.717, 1.165) is 29.0 Å². The van der Waals surface area contributed by atoms with E-state index in [-0.39, 0.29) is 11.4 Å². The average Bonchev–Trinajstić information content (AvgIpc) is 2.80. The molecular weight excluding hydrogens is 262 g/mol. The van der Waals surface area contributed by atoms with Gasteiger partial charge >= 0.3 is 0 Å². The Morgan fingerprint density at radius 1 is 1.53 bits per heavy atom. The van der Waals surface area contributed by atoms with E-state index in [4.69, 9.17) is 9.47 Å². The summed E-state index contributed by atoms with van der Waals surface area (Å²) >= 11 is 0. The molecule has 1 fully saturated rings. The Balaban J connectivity index is 2.17. The van der Waals surface area contributed by atoms with Gasteiger partial charge in [-0.1, -0.05) is 0 Å². The van der Waals surface area contributed by atoms with E-state index < -0.39 is 10.8 Å². The van der Waals surface area contributed by atoms with Gasteiger partial charge in [0.05, 0.1) is 29.9 Å². The lowest BCUT2D eigenvalue weighted by Gasteiger charge is -2.16. The minimum Gasteiger partial charge on any atom is -0.496 e. The van der Waals surface area contributed by atoms with E-state index in [2.05, 4.69) is 4.98 Å². The van der Waals surface area contributed by atoms with Gasteiger partial charge in [-0.15, -0.1) is 0 Å². The Morgan fingerprint density at radius 3 is 2.84 bits per heavy atom. The first-order valence-electron chi connectivity index (χ1n) is 6.52. The predicted octanol–water partition coefficient (Wildman–Crippen LogP) is 2.13. The van der Waals surface area contributed by atoms with Crippen molar-refractivity contribution in [3.8, 4) is 5.75 Å². The molecule has 2 rings (SSSR count). The molecule has 0 aliphatic carbocycles. The third-order valence-corrected chi connectivity index (χ3v) is 5.53. The zero-order valence-corrected chi connectivity index (χ0v) is 12.8. The van der Waals surface area contributed by atoms with Crippen molar-refractivity contribution in [2.24, 2.45) is 0 Å². The standard InChI is InChI=1S/C14H21NO3S/c1-9-7-15-12(10(2)14(9)17-4)8-19(16)13-5-6-18-11(13)3/h7,11,13H,5-6,8H2,1-4H3. The summed E-state index contributed by atoms with van der Waals surface area (Å²) in [5, 5.41) is 0.119. The molecule has 0 amide bonds. The fourth-order valence-electron chi connectivity index (χ4n) is 2.52. The van der Waals surface area contributed by atoms with Gasteiger partial charge in [-0.05, 0) is 27.2 Å². The van der Waals surface area contributed by atoms with Crippen LogP contribution < -0.4 is 4.74 Å². The average molecular weight is 283 g/mol. The maximum absolute atomic E-state index is 12.4. The van der Waals surface area contributed by atoms with Crippen molar-refractivity contribution in [1.29, 1.82) is 0 Å². The number of ether oxygens (including phenoxy) is 2. The lowest BCUT2D eigenvalue weighted by Crippen LogP contribution is -2.24. The molecule has 19 heavy (non-hydrogen) atoms. The van der Waals surface area contributed by atoms with E-state index in [9.17, 15) is 4.21 Å². The molecule has 4 nitrogen and oxygen atoms in total. The molecule has 5 heteroatoms. The van der Waals surface area contributed by atoms with Crippen molar-refractivity contribution in [2.75, 3.05) is 13.7 Å². The molecule has 0 N–H and O–H groups in total. The Labute approximate surface area is 117 Å². The molecule has 1 aromatic heterocycles. The maximum atomic E-state index is 12.4. The summed E-state index contributed by atoms with van der Waals surface area (Å²) in [6.07, 6.45) is 2.73. The fourth-order valence-corrected chi connectivity index (χ4v) is 4.16. The first kappa shape index (κ1) is 14.5. The number of aryl methyl sites for hydroxylation is 1. The SMILES string of the molecule is COc1c(C)cnc(CS(=O)C2CCOC2C)c1C. The molecule has 0 bridgehead atoms. The Morgan fingerprint density at radius 2 is 2.26 bits per heavy atom. The minimum atomic E-state index is -0.947. The van der Waals surface area contributed by atoms with Gasteiger partial charge in [-0.3, -0.25) is 9.19 Å². The van der Waals surface area contributed by atoms with Crippen LogP contribution in [0.3, 0.4) is 0 Å². The number of pyridine rings is 1. The van der Waals surface area contributed by atoms with Gasteiger partial charge in [0, 0.05) is 34.7 Å². The van der Waals surface area contributed by atoms with Crippen LogP contribution in [0.5, 0.6) is 5.75 Å². The van der Waals surface area contributed by atoms with Crippen molar-refractivity contribution in [1.82, 2.24) is 4.98 Å². The summed E-state index contributed by atoms with van der Waals surface area (Å²) in [5.74, 6) is 1.32. The Bertz CT molecular complexity index is 490. The summed E-state index contributed by atoms with van der Waals surface area (Å²) < 4.78 is 23.3. The number of aromatic nitrogens is 1. The number of rotatable bonds is 4. The second kappa shape index (κ2) is 6.01. The van der Waals surface area contributed by atoms with Crippen LogP contribution in [0, 0.1) is 13.8 Å². The van der Waals surface area contributed by atoms with Crippen LogP contribution in [0.4, 0.5) is 0 Å². The molecule has 0 spiro atoms. The smallest absolute Gasteiger partial charge is 0.128 e. The van der Waals surface area contributed by atoms with Crippen LogP contribution in [0.15, 0.2) is 6.20 Å². The second-order valence-electron chi connectivity index (χ2n) is 4.97. The molecule has 0 aromatic carbocycles. The van der Waals surface area contributed by atoms with Crippen LogP contribution >= 0.6 is 0 Å². The normalized spacial score (nSPS) is 24.4. The number of nitrogens with zero attached hydrogens (tertiary/aromatic N) is 1. The van der Waals surface area contributed by atoms with Crippen LogP contribution in [0.2, 0.25) is 0 Å². The quantitative estimate of drug-likeness (QED) is 0.849. The van der Waals surface area contributed by atoms with Gasteiger partial charge in [0.2, 0.25) is 0 Å². The molecule has 1 aromatic rings. The van der Waals surface area contributed by atoms with Crippen LogP contribution in [0.1, 0.15) is 30.2 Å². The summed E-state index contributed by atoms with van der Waals surface area (Å²) in [6, 6.07) is 0. The van der Waals surface area contributed by atoms with E-state index in [1.54, 1.807) is 13.3 Å². The van der Waals surface area contributed by atoms with E-state index in [1.807, 2.05) is 20.8 Å². The van der Waals surface area contributed by atoms with Crippen molar-refractivity contribution in [3.63, 3.8) is 0 Å². The van der Waals surface area contributed by atoms with Crippen molar-refractivity contribution in [2.45, 2.75) is 44.3 Å². The van der Waals surface area contributed by atoms with E-state index >= 15 is 0 Å². The number of hydrogen-bond donors (Lipinski definition) is 0. The van der Waals surface area contributed by atoms with Crippen LogP contribution in [-0.4, -0.2) is 34.3 Å². The third-order valence-electron chi connectivity index (χ3n) is 3.67. The molecule has 2 heterocycles. The maximum Gasteiger partial charge on any atom is 0.128 e. The van der Waals surface area contributed by atoms with Crippen LogP contribution in [0.25, 0.3) is 0 Å². The highest BCUT2D eigenvalue weighted by Gasteiger charge is 2.30. The number of hydrogen-bond acceptors (Lipinski definition) is 4. The molecule has 3 unspecified atom stereocenters. The van der Waals surface area contributed by atoms with E-state index in [1.165, 1.54) is 0 Å².